The van der Waals surface area contributed by atoms with Crippen LogP contribution in [0.2, 0.25) is 0 Å². The van der Waals surface area contributed by atoms with Gasteiger partial charge in [0.1, 0.15) is 0 Å². The minimum Gasteiger partial charge on any atom is -0.391 e. The normalized spacial score (nSPS) is 17.5. The lowest BCUT2D eigenvalue weighted by Gasteiger charge is -2.37. The highest BCUT2D eigenvalue weighted by atomic mass is 32.1. The van der Waals surface area contributed by atoms with Crippen molar-refractivity contribution in [1.29, 1.82) is 0 Å². The molecular formula is C16H22N2OS. The van der Waals surface area contributed by atoms with Gasteiger partial charge in [0.25, 0.3) is 5.91 Å². The number of carbonyl (C=O) groups is 1. The molecule has 3 N–H and O–H groups in total. The average molecular weight is 290 g/mol. The van der Waals surface area contributed by atoms with Gasteiger partial charge in [0.05, 0.1) is 10.5 Å². The first kappa shape index (κ1) is 15.0. The first-order valence-corrected chi connectivity index (χ1v) is 7.55. The molecule has 0 heterocycles. The van der Waals surface area contributed by atoms with Crippen molar-refractivity contribution in [2.45, 2.75) is 51.5 Å². The van der Waals surface area contributed by atoms with E-state index in [1.165, 1.54) is 6.42 Å². The summed E-state index contributed by atoms with van der Waals surface area (Å²) in [6.45, 7) is 3.97. The topological polar surface area (TPSA) is 55.1 Å². The third-order valence-electron chi connectivity index (χ3n) is 4.16. The molecule has 0 aromatic heterocycles. The van der Waals surface area contributed by atoms with E-state index in [2.05, 4.69) is 5.32 Å². The highest BCUT2D eigenvalue weighted by Crippen LogP contribution is 2.29. The fourth-order valence-electron chi connectivity index (χ4n) is 2.94. The SMILES string of the molecule is Cc1ccc(C(=O)NC2(C(N)=S)CCCCC2)c(C)c1. The molecule has 1 aliphatic carbocycles. The van der Waals surface area contributed by atoms with Crippen molar-refractivity contribution in [2.75, 3.05) is 0 Å². The molecular weight excluding hydrogens is 268 g/mol. The molecule has 0 radical (unpaired) electrons. The minimum atomic E-state index is -0.498. The Bertz CT molecular complexity index is 533. The van der Waals surface area contributed by atoms with E-state index < -0.39 is 5.54 Å². The maximum atomic E-state index is 12.5. The van der Waals surface area contributed by atoms with Gasteiger partial charge in [-0.25, -0.2) is 0 Å². The van der Waals surface area contributed by atoms with E-state index >= 15 is 0 Å². The summed E-state index contributed by atoms with van der Waals surface area (Å²) >= 11 is 5.21. The predicted molar refractivity (Wildman–Crippen MR) is 86.0 cm³/mol. The van der Waals surface area contributed by atoms with Crippen LogP contribution in [0.1, 0.15) is 53.6 Å². The van der Waals surface area contributed by atoms with Crippen molar-refractivity contribution >= 4 is 23.1 Å². The molecule has 0 spiro atoms. The highest BCUT2D eigenvalue weighted by molar-refractivity contribution is 7.80. The summed E-state index contributed by atoms with van der Waals surface area (Å²) in [5.41, 5.74) is 8.25. The largest absolute Gasteiger partial charge is 0.391 e. The molecule has 2 rings (SSSR count). The Labute approximate surface area is 125 Å². The summed E-state index contributed by atoms with van der Waals surface area (Å²) in [5.74, 6) is -0.0720. The van der Waals surface area contributed by atoms with Gasteiger partial charge in [0.2, 0.25) is 0 Å². The zero-order chi connectivity index (χ0) is 14.8. The number of nitrogens with two attached hydrogens (primary N) is 1. The summed E-state index contributed by atoms with van der Waals surface area (Å²) in [7, 11) is 0. The van der Waals surface area contributed by atoms with Crippen molar-refractivity contribution in [3.63, 3.8) is 0 Å². The number of thiocarbonyl (C=S) groups is 1. The van der Waals surface area contributed by atoms with Gasteiger partial charge in [0, 0.05) is 5.56 Å². The maximum absolute atomic E-state index is 12.5. The van der Waals surface area contributed by atoms with Crippen molar-refractivity contribution in [1.82, 2.24) is 5.32 Å². The molecule has 4 heteroatoms. The third kappa shape index (κ3) is 3.01. The van der Waals surface area contributed by atoms with E-state index in [4.69, 9.17) is 18.0 Å². The zero-order valence-corrected chi connectivity index (χ0v) is 13.0. The van der Waals surface area contributed by atoms with Crippen LogP contribution in [-0.4, -0.2) is 16.4 Å². The molecule has 1 amide bonds. The number of amides is 1. The molecule has 0 atom stereocenters. The van der Waals surface area contributed by atoms with Crippen LogP contribution in [-0.2, 0) is 0 Å². The van der Waals surface area contributed by atoms with Crippen LogP contribution < -0.4 is 11.1 Å². The average Bonchev–Trinajstić information content (AvgIpc) is 2.39. The highest BCUT2D eigenvalue weighted by Gasteiger charge is 2.36. The van der Waals surface area contributed by atoms with Crippen LogP contribution in [0.15, 0.2) is 18.2 Å². The molecule has 20 heavy (non-hydrogen) atoms. The van der Waals surface area contributed by atoms with Crippen molar-refractivity contribution in [2.24, 2.45) is 5.73 Å². The Hall–Kier alpha value is -1.42. The van der Waals surface area contributed by atoms with Gasteiger partial charge in [-0.15, -0.1) is 0 Å². The number of hydrogen-bond donors (Lipinski definition) is 2. The summed E-state index contributed by atoms with van der Waals surface area (Å²) in [4.78, 5) is 12.9. The van der Waals surface area contributed by atoms with Crippen LogP contribution >= 0.6 is 12.2 Å². The fraction of sp³-hybridized carbons (Fsp3) is 0.500. The molecule has 3 nitrogen and oxygen atoms in total. The standard InChI is InChI=1S/C16H22N2OS/c1-11-6-7-13(12(2)10-11)14(19)18-16(15(17)20)8-4-3-5-9-16/h6-7,10H,3-5,8-9H2,1-2H3,(H2,17,20)(H,18,19). The quantitative estimate of drug-likeness (QED) is 0.841. The van der Waals surface area contributed by atoms with Gasteiger partial charge in [-0.3, -0.25) is 4.79 Å². The van der Waals surface area contributed by atoms with Crippen molar-refractivity contribution in [3.8, 4) is 0 Å². The van der Waals surface area contributed by atoms with E-state index in [0.717, 1.165) is 36.8 Å². The van der Waals surface area contributed by atoms with Crippen LogP contribution in [0.25, 0.3) is 0 Å². The lowest BCUT2D eigenvalue weighted by molar-refractivity contribution is 0.0908. The molecule has 0 aliphatic heterocycles. The second kappa shape index (κ2) is 5.92. The Morgan fingerprint density at radius 2 is 1.90 bits per heavy atom. The smallest absolute Gasteiger partial charge is 0.252 e. The lowest BCUT2D eigenvalue weighted by atomic mass is 9.81. The van der Waals surface area contributed by atoms with E-state index in [0.29, 0.717) is 10.6 Å². The van der Waals surface area contributed by atoms with Gasteiger partial charge >= 0.3 is 0 Å². The first-order valence-electron chi connectivity index (χ1n) is 7.14. The Balaban J connectivity index is 2.22. The van der Waals surface area contributed by atoms with Crippen molar-refractivity contribution < 1.29 is 4.79 Å². The van der Waals surface area contributed by atoms with Crippen molar-refractivity contribution in [3.05, 3.63) is 34.9 Å². The van der Waals surface area contributed by atoms with Crippen LogP contribution in [0.4, 0.5) is 0 Å². The third-order valence-corrected chi connectivity index (χ3v) is 4.55. The molecule has 0 unspecified atom stereocenters. The van der Waals surface area contributed by atoms with Gasteiger partial charge in [0.15, 0.2) is 0 Å². The predicted octanol–water partition coefficient (Wildman–Crippen LogP) is 3.02. The van der Waals surface area contributed by atoms with Gasteiger partial charge in [-0.1, -0.05) is 49.2 Å². The molecule has 0 bridgehead atoms. The summed E-state index contributed by atoms with van der Waals surface area (Å²) < 4.78 is 0. The van der Waals surface area contributed by atoms with Crippen LogP contribution in [0.3, 0.4) is 0 Å². The Morgan fingerprint density at radius 3 is 2.45 bits per heavy atom. The number of rotatable bonds is 3. The molecule has 1 fully saturated rings. The van der Waals surface area contributed by atoms with Crippen LogP contribution in [0, 0.1) is 13.8 Å². The number of benzene rings is 1. The molecule has 1 aromatic rings. The van der Waals surface area contributed by atoms with Crippen LogP contribution in [0.5, 0.6) is 0 Å². The lowest BCUT2D eigenvalue weighted by Crippen LogP contribution is -2.57. The number of nitrogens with one attached hydrogen (secondary N) is 1. The molecule has 0 saturated heterocycles. The monoisotopic (exact) mass is 290 g/mol. The number of carbonyl (C=O) groups excluding carboxylic acids is 1. The zero-order valence-electron chi connectivity index (χ0n) is 12.2. The van der Waals surface area contributed by atoms with Gasteiger partial charge in [-0.05, 0) is 38.3 Å². The first-order chi connectivity index (χ1) is 9.44. The molecule has 1 aromatic carbocycles. The Kier molecular flexibility index (Phi) is 4.43. The van der Waals surface area contributed by atoms with E-state index in [-0.39, 0.29) is 5.91 Å². The second-order valence-electron chi connectivity index (χ2n) is 5.78. The number of aryl methyl sites for hydroxylation is 2. The summed E-state index contributed by atoms with van der Waals surface area (Å²) in [5, 5.41) is 3.10. The van der Waals surface area contributed by atoms with E-state index in [1.807, 2.05) is 32.0 Å². The minimum absolute atomic E-state index is 0.0720. The number of hydrogen-bond acceptors (Lipinski definition) is 2. The van der Waals surface area contributed by atoms with Gasteiger partial charge in [-0.2, -0.15) is 0 Å². The fourth-order valence-corrected chi connectivity index (χ4v) is 3.20. The molecule has 108 valence electrons. The maximum Gasteiger partial charge on any atom is 0.252 e. The second-order valence-corrected chi connectivity index (χ2v) is 6.22. The van der Waals surface area contributed by atoms with E-state index in [1.54, 1.807) is 0 Å². The Morgan fingerprint density at radius 1 is 1.25 bits per heavy atom. The summed E-state index contributed by atoms with van der Waals surface area (Å²) in [6, 6.07) is 5.84. The van der Waals surface area contributed by atoms with Gasteiger partial charge < -0.3 is 11.1 Å². The van der Waals surface area contributed by atoms with E-state index in [9.17, 15) is 4.79 Å². The molecule has 1 saturated carbocycles. The molecule has 1 aliphatic rings. The summed E-state index contributed by atoms with van der Waals surface area (Å²) in [6.07, 6.45) is 5.00.